The summed E-state index contributed by atoms with van der Waals surface area (Å²) in [5, 5.41) is 20.1. The van der Waals surface area contributed by atoms with Crippen LogP contribution in [-0.4, -0.2) is 18.1 Å². The summed E-state index contributed by atoms with van der Waals surface area (Å²) in [6.45, 7) is -0.176. The number of carbonyl (C=O) groups is 1. The lowest BCUT2D eigenvalue weighted by molar-refractivity contribution is -0.115. The fraction of sp³-hybridized carbons (Fsp3) is 0.200. The third kappa shape index (κ3) is 3.41. The molecule has 2 aromatic rings. The minimum atomic E-state index is -0.382. The first-order valence-corrected chi connectivity index (χ1v) is 6.22. The smallest absolute Gasteiger partial charge is 0.238 e. The van der Waals surface area contributed by atoms with Gasteiger partial charge in [-0.3, -0.25) is 4.79 Å². The summed E-state index contributed by atoms with van der Waals surface area (Å²) in [6, 6.07) is 10.3. The number of nitrogens with one attached hydrogen (secondary N) is 1. The molecule has 1 heterocycles. The van der Waals surface area contributed by atoms with Crippen molar-refractivity contribution in [2.75, 3.05) is 12.4 Å². The quantitative estimate of drug-likeness (QED) is 0.879. The van der Waals surface area contributed by atoms with Crippen molar-refractivity contribution in [3.63, 3.8) is 0 Å². The van der Waals surface area contributed by atoms with Gasteiger partial charge in [-0.1, -0.05) is 0 Å². The predicted molar refractivity (Wildman–Crippen MR) is 75.5 cm³/mol. The van der Waals surface area contributed by atoms with Crippen molar-refractivity contribution < 1.29 is 19.1 Å². The van der Waals surface area contributed by atoms with Crippen LogP contribution in [0.2, 0.25) is 0 Å². The van der Waals surface area contributed by atoms with Crippen molar-refractivity contribution in [2.24, 2.45) is 0 Å². The van der Waals surface area contributed by atoms with Crippen molar-refractivity contribution >= 4 is 11.6 Å². The van der Waals surface area contributed by atoms with Gasteiger partial charge in [0.05, 0.1) is 18.7 Å². The Hall–Kier alpha value is -2.78. The number of aliphatic hydroxyl groups excluding tert-OH is 1. The normalized spacial score (nSPS) is 9.95. The Morgan fingerprint density at radius 3 is 2.86 bits per heavy atom. The maximum absolute atomic E-state index is 11.4. The van der Waals surface area contributed by atoms with Gasteiger partial charge in [-0.2, -0.15) is 5.26 Å². The molecule has 0 saturated heterocycles. The molecule has 1 amide bonds. The highest BCUT2D eigenvalue weighted by Gasteiger charge is 2.12. The van der Waals surface area contributed by atoms with Crippen LogP contribution in [0.25, 0.3) is 11.3 Å². The van der Waals surface area contributed by atoms with Crippen LogP contribution in [0.1, 0.15) is 12.2 Å². The summed E-state index contributed by atoms with van der Waals surface area (Å²) in [5.41, 5.74) is 1.24. The molecule has 0 aliphatic heterocycles. The second-order valence-electron chi connectivity index (χ2n) is 4.22. The maximum Gasteiger partial charge on any atom is 0.238 e. The van der Waals surface area contributed by atoms with Crippen molar-refractivity contribution in [2.45, 2.75) is 13.0 Å². The number of hydrogen-bond acceptors (Lipinski definition) is 5. The van der Waals surface area contributed by atoms with Crippen molar-refractivity contribution in [3.8, 4) is 23.1 Å². The second kappa shape index (κ2) is 6.59. The number of amides is 1. The van der Waals surface area contributed by atoms with Crippen molar-refractivity contribution in [1.82, 2.24) is 0 Å². The fourth-order valence-corrected chi connectivity index (χ4v) is 1.86. The molecule has 0 fully saturated rings. The molecule has 1 aromatic heterocycles. The number of anilines is 1. The first-order valence-electron chi connectivity index (χ1n) is 6.22. The second-order valence-corrected chi connectivity index (χ2v) is 4.22. The van der Waals surface area contributed by atoms with E-state index in [0.717, 1.165) is 0 Å². The number of hydrogen-bond donors (Lipinski definition) is 2. The molecule has 1 aromatic carbocycles. The Labute approximate surface area is 121 Å². The molecule has 108 valence electrons. The molecule has 6 nitrogen and oxygen atoms in total. The van der Waals surface area contributed by atoms with E-state index in [0.29, 0.717) is 28.5 Å². The van der Waals surface area contributed by atoms with Crippen LogP contribution in [-0.2, 0) is 11.4 Å². The summed E-state index contributed by atoms with van der Waals surface area (Å²) < 4.78 is 10.7. The number of ether oxygens (including phenoxy) is 1. The topological polar surface area (TPSA) is 95.5 Å². The zero-order chi connectivity index (χ0) is 15.2. The number of rotatable bonds is 5. The summed E-state index contributed by atoms with van der Waals surface area (Å²) in [7, 11) is 1.51. The Bertz CT molecular complexity index is 685. The summed E-state index contributed by atoms with van der Waals surface area (Å²) in [6.07, 6.45) is -0.206. The molecule has 6 heteroatoms. The lowest BCUT2D eigenvalue weighted by Gasteiger charge is -2.09. The average molecular weight is 286 g/mol. The van der Waals surface area contributed by atoms with E-state index in [1.165, 1.54) is 7.11 Å². The Kier molecular flexibility index (Phi) is 4.59. The van der Waals surface area contributed by atoms with Crippen molar-refractivity contribution in [3.05, 3.63) is 36.1 Å². The molecule has 21 heavy (non-hydrogen) atoms. The number of furan rings is 1. The van der Waals surface area contributed by atoms with E-state index in [9.17, 15) is 4.79 Å². The van der Waals surface area contributed by atoms with E-state index < -0.39 is 0 Å². The first kappa shape index (κ1) is 14.6. The lowest BCUT2D eigenvalue weighted by Crippen LogP contribution is -2.10. The monoisotopic (exact) mass is 286 g/mol. The average Bonchev–Trinajstić information content (AvgIpc) is 2.96. The number of benzene rings is 1. The largest absolute Gasteiger partial charge is 0.496 e. The van der Waals surface area contributed by atoms with E-state index in [4.69, 9.17) is 19.5 Å². The maximum atomic E-state index is 11.4. The van der Waals surface area contributed by atoms with E-state index in [1.54, 1.807) is 36.4 Å². The van der Waals surface area contributed by atoms with Gasteiger partial charge in [-0.05, 0) is 24.3 Å². The molecule has 0 atom stereocenters. The van der Waals surface area contributed by atoms with Gasteiger partial charge in [0, 0.05) is 11.8 Å². The third-order valence-corrected chi connectivity index (χ3v) is 2.81. The number of methoxy groups -OCH3 is 1. The minimum Gasteiger partial charge on any atom is -0.496 e. The molecule has 2 rings (SSSR count). The SMILES string of the molecule is COc1cc(NC(=O)CC#N)ccc1-c1ccc(CO)o1. The molecule has 0 aliphatic rings. The number of nitriles is 1. The Balaban J connectivity index is 2.28. The van der Waals surface area contributed by atoms with E-state index in [2.05, 4.69) is 5.32 Å². The molecular weight excluding hydrogens is 272 g/mol. The van der Waals surface area contributed by atoms with Gasteiger partial charge in [0.1, 0.15) is 30.3 Å². The molecule has 0 bridgehead atoms. The van der Waals surface area contributed by atoms with Gasteiger partial charge in [0.15, 0.2) is 0 Å². The van der Waals surface area contributed by atoms with Crippen LogP contribution < -0.4 is 10.1 Å². The molecule has 0 spiro atoms. The molecule has 0 radical (unpaired) electrons. The van der Waals surface area contributed by atoms with Crippen LogP contribution in [0.15, 0.2) is 34.7 Å². The summed E-state index contributed by atoms with van der Waals surface area (Å²) in [5.74, 6) is 1.15. The van der Waals surface area contributed by atoms with Crippen molar-refractivity contribution in [1.29, 1.82) is 5.26 Å². The molecular formula is C15H14N2O4. The number of aliphatic hydroxyl groups is 1. The number of nitrogens with zero attached hydrogens (tertiary/aromatic N) is 1. The highest BCUT2D eigenvalue weighted by Crippen LogP contribution is 2.33. The van der Waals surface area contributed by atoms with Gasteiger partial charge in [0.2, 0.25) is 5.91 Å². The van der Waals surface area contributed by atoms with Crippen LogP contribution in [0.4, 0.5) is 5.69 Å². The van der Waals surface area contributed by atoms with Crippen LogP contribution in [0.3, 0.4) is 0 Å². The van der Waals surface area contributed by atoms with Gasteiger partial charge >= 0.3 is 0 Å². The Morgan fingerprint density at radius 2 is 2.24 bits per heavy atom. The summed E-state index contributed by atoms with van der Waals surface area (Å²) >= 11 is 0. The third-order valence-electron chi connectivity index (χ3n) is 2.81. The van der Waals surface area contributed by atoms with Gasteiger partial charge < -0.3 is 19.6 Å². The Morgan fingerprint density at radius 1 is 1.43 bits per heavy atom. The molecule has 0 aliphatic carbocycles. The fourth-order valence-electron chi connectivity index (χ4n) is 1.86. The standard InChI is InChI=1S/C15H14N2O4/c1-20-14-8-10(17-15(19)6-7-16)2-4-12(14)13-5-3-11(9-18)21-13/h2-5,8,18H,6,9H2,1H3,(H,17,19). The molecule has 0 unspecified atom stereocenters. The predicted octanol–water partition coefficient (Wildman–Crippen LogP) is 2.30. The zero-order valence-corrected chi connectivity index (χ0v) is 11.4. The molecule has 0 saturated carbocycles. The highest BCUT2D eigenvalue weighted by atomic mass is 16.5. The highest BCUT2D eigenvalue weighted by molar-refractivity contribution is 5.92. The van der Waals surface area contributed by atoms with Crippen LogP contribution >= 0.6 is 0 Å². The number of carbonyl (C=O) groups excluding carboxylic acids is 1. The van der Waals surface area contributed by atoms with Crippen LogP contribution in [0.5, 0.6) is 5.75 Å². The lowest BCUT2D eigenvalue weighted by atomic mass is 10.1. The molecule has 2 N–H and O–H groups in total. The van der Waals surface area contributed by atoms with E-state index in [1.807, 2.05) is 0 Å². The van der Waals surface area contributed by atoms with Gasteiger partial charge in [-0.15, -0.1) is 0 Å². The van der Waals surface area contributed by atoms with Crippen LogP contribution in [0, 0.1) is 11.3 Å². The van der Waals surface area contributed by atoms with E-state index >= 15 is 0 Å². The summed E-state index contributed by atoms with van der Waals surface area (Å²) in [4.78, 5) is 11.4. The van der Waals surface area contributed by atoms with Gasteiger partial charge in [0.25, 0.3) is 0 Å². The zero-order valence-electron chi connectivity index (χ0n) is 11.4. The van der Waals surface area contributed by atoms with E-state index in [-0.39, 0.29) is 18.9 Å². The minimum absolute atomic E-state index is 0.176. The van der Waals surface area contributed by atoms with Gasteiger partial charge in [-0.25, -0.2) is 0 Å². The first-order chi connectivity index (χ1) is 10.2.